The van der Waals surface area contributed by atoms with E-state index in [9.17, 15) is 0 Å². The zero-order valence-electron chi connectivity index (χ0n) is 14.4. The van der Waals surface area contributed by atoms with Gasteiger partial charge in [0.25, 0.3) is 6.71 Å². The summed E-state index contributed by atoms with van der Waals surface area (Å²) in [4.78, 5) is 0. The SMILES string of the molecule is CC.Cc1cccc2c1Oc1cccc3c1B2C1=C(CCC=C1)O3. The van der Waals surface area contributed by atoms with Crippen molar-refractivity contribution in [2.75, 3.05) is 0 Å². The molecule has 0 saturated carbocycles. The van der Waals surface area contributed by atoms with Gasteiger partial charge in [0, 0.05) is 11.9 Å². The topological polar surface area (TPSA) is 18.5 Å². The molecule has 2 aromatic carbocycles. The van der Waals surface area contributed by atoms with Gasteiger partial charge in [0.15, 0.2) is 0 Å². The van der Waals surface area contributed by atoms with Crippen LogP contribution in [0.4, 0.5) is 0 Å². The second kappa shape index (κ2) is 5.90. The third kappa shape index (κ3) is 2.11. The van der Waals surface area contributed by atoms with Crippen molar-refractivity contribution in [3.8, 4) is 17.2 Å². The molecule has 120 valence electrons. The summed E-state index contributed by atoms with van der Waals surface area (Å²) in [6.45, 7) is 6.34. The first-order valence-electron chi connectivity index (χ1n) is 8.80. The number of para-hydroxylation sites is 1. The Morgan fingerprint density at radius 1 is 0.958 bits per heavy atom. The molecule has 3 aliphatic rings. The first-order chi connectivity index (χ1) is 11.8. The largest absolute Gasteiger partial charge is 0.463 e. The van der Waals surface area contributed by atoms with E-state index in [1.807, 2.05) is 26.0 Å². The maximum Gasteiger partial charge on any atom is 0.260 e. The van der Waals surface area contributed by atoms with E-state index in [4.69, 9.17) is 9.47 Å². The van der Waals surface area contributed by atoms with E-state index in [-0.39, 0.29) is 6.71 Å². The van der Waals surface area contributed by atoms with Crippen molar-refractivity contribution in [3.63, 3.8) is 0 Å². The summed E-state index contributed by atoms with van der Waals surface area (Å²) in [5, 5.41) is 0. The Bertz CT molecular complexity index is 864. The van der Waals surface area contributed by atoms with Gasteiger partial charge in [-0.1, -0.05) is 50.3 Å². The molecule has 0 aromatic heterocycles. The lowest BCUT2D eigenvalue weighted by Crippen LogP contribution is -2.51. The molecule has 0 atom stereocenters. The van der Waals surface area contributed by atoms with Crippen LogP contribution in [-0.4, -0.2) is 6.71 Å². The summed E-state index contributed by atoms with van der Waals surface area (Å²) in [5.41, 5.74) is 4.90. The minimum atomic E-state index is 0.232. The number of benzene rings is 2. The molecule has 0 unspecified atom stereocenters. The Hall–Kier alpha value is -2.42. The van der Waals surface area contributed by atoms with Gasteiger partial charge in [0.05, 0.1) is 5.76 Å². The summed E-state index contributed by atoms with van der Waals surface area (Å²) in [6, 6.07) is 12.5. The van der Waals surface area contributed by atoms with E-state index in [0.717, 1.165) is 35.8 Å². The fraction of sp³-hybridized carbons (Fsp3) is 0.238. The third-order valence-corrected chi connectivity index (χ3v) is 4.78. The fourth-order valence-corrected chi connectivity index (χ4v) is 3.78. The third-order valence-electron chi connectivity index (χ3n) is 4.78. The smallest absolute Gasteiger partial charge is 0.260 e. The van der Waals surface area contributed by atoms with Crippen LogP contribution in [0.5, 0.6) is 17.2 Å². The number of hydrogen-bond acceptors (Lipinski definition) is 2. The zero-order valence-corrected chi connectivity index (χ0v) is 14.4. The van der Waals surface area contributed by atoms with Crippen molar-refractivity contribution < 1.29 is 9.47 Å². The number of ether oxygens (including phenoxy) is 2. The second-order valence-electron chi connectivity index (χ2n) is 6.12. The lowest BCUT2D eigenvalue weighted by Gasteiger charge is -2.35. The van der Waals surface area contributed by atoms with Gasteiger partial charge in [-0.15, -0.1) is 0 Å². The van der Waals surface area contributed by atoms with Crippen LogP contribution in [0.2, 0.25) is 0 Å². The van der Waals surface area contributed by atoms with E-state index >= 15 is 0 Å². The Kier molecular flexibility index (Phi) is 3.72. The average Bonchev–Trinajstić information content (AvgIpc) is 2.64. The number of hydrogen-bond donors (Lipinski definition) is 0. The molecular weight excluding hydrogens is 295 g/mol. The highest BCUT2D eigenvalue weighted by Gasteiger charge is 2.41. The molecule has 0 fully saturated rings. The van der Waals surface area contributed by atoms with Crippen LogP contribution in [0, 0.1) is 6.92 Å². The minimum Gasteiger partial charge on any atom is -0.463 e. The van der Waals surface area contributed by atoms with Crippen molar-refractivity contribution in [1.82, 2.24) is 0 Å². The molecule has 2 nitrogen and oxygen atoms in total. The normalized spacial score (nSPS) is 16.0. The van der Waals surface area contributed by atoms with Gasteiger partial charge in [-0.05, 0) is 42.0 Å². The van der Waals surface area contributed by atoms with Gasteiger partial charge >= 0.3 is 0 Å². The highest BCUT2D eigenvalue weighted by Crippen LogP contribution is 2.38. The van der Waals surface area contributed by atoms with Gasteiger partial charge in [-0.2, -0.15) is 0 Å². The van der Waals surface area contributed by atoms with Gasteiger partial charge in [0.1, 0.15) is 17.2 Å². The zero-order chi connectivity index (χ0) is 16.7. The van der Waals surface area contributed by atoms with E-state index in [1.54, 1.807) is 0 Å². The predicted molar refractivity (Wildman–Crippen MR) is 100 cm³/mol. The van der Waals surface area contributed by atoms with Crippen LogP contribution in [0.1, 0.15) is 32.3 Å². The Balaban J connectivity index is 0.000000704. The molecule has 0 saturated heterocycles. The first kappa shape index (κ1) is 15.1. The summed E-state index contributed by atoms with van der Waals surface area (Å²) >= 11 is 0. The number of allylic oxidation sites excluding steroid dienone is 4. The molecule has 0 bridgehead atoms. The molecule has 24 heavy (non-hydrogen) atoms. The van der Waals surface area contributed by atoms with E-state index in [1.165, 1.54) is 22.0 Å². The maximum atomic E-state index is 6.21. The molecule has 0 radical (unpaired) electrons. The Labute approximate surface area is 143 Å². The minimum absolute atomic E-state index is 0.232. The summed E-state index contributed by atoms with van der Waals surface area (Å²) < 4.78 is 12.4. The van der Waals surface area contributed by atoms with Crippen LogP contribution in [0.15, 0.2) is 59.8 Å². The molecule has 5 rings (SSSR count). The van der Waals surface area contributed by atoms with Gasteiger partial charge < -0.3 is 9.47 Å². The van der Waals surface area contributed by atoms with Crippen LogP contribution in [-0.2, 0) is 0 Å². The van der Waals surface area contributed by atoms with Gasteiger partial charge in [0.2, 0.25) is 0 Å². The molecule has 2 aromatic rings. The van der Waals surface area contributed by atoms with Crippen LogP contribution in [0.25, 0.3) is 0 Å². The lowest BCUT2D eigenvalue weighted by atomic mass is 9.34. The monoisotopic (exact) mass is 316 g/mol. The molecule has 0 amide bonds. The molecule has 0 spiro atoms. The second-order valence-corrected chi connectivity index (χ2v) is 6.12. The van der Waals surface area contributed by atoms with Crippen LogP contribution >= 0.6 is 0 Å². The van der Waals surface area contributed by atoms with E-state index in [2.05, 4.69) is 43.3 Å². The quantitative estimate of drug-likeness (QED) is 0.676. The van der Waals surface area contributed by atoms with E-state index in [0.29, 0.717) is 0 Å². The summed E-state index contributed by atoms with van der Waals surface area (Å²) in [6.07, 6.45) is 6.52. The molecule has 2 aliphatic heterocycles. The maximum absolute atomic E-state index is 6.21. The molecule has 2 heterocycles. The van der Waals surface area contributed by atoms with Crippen molar-refractivity contribution in [2.24, 2.45) is 0 Å². The predicted octanol–water partition coefficient (Wildman–Crippen LogP) is 4.27. The lowest BCUT2D eigenvalue weighted by molar-refractivity contribution is 0.396. The molecule has 0 N–H and O–H groups in total. The fourth-order valence-electron chi connectivity index (χ4n) is 3.78. The number of rotatable bonds is 0. The van der Waals surface area contributed by atoms with Gasteiger partial charge in [-0.25, -0.2) is 0 Å². The van der Waals surface area contributed by atoms with Crippen molar-refractivity contribution in [1.29, 1.82) is 0 Å². The van der Waals surface area contributed by atoms with E-state index < -0.39 is 0 Å². The molecule has 1 aliphatic carbocycles. The first-order valence-corrected chi connectivity index (χ1v) is 8.80. The molecular formula is C21H21BO2. The summed E-state index contributed by atoms with van der Waals surface area (Å²) in [7, 11) is 0. The standard InChI is InChI=1S/C19H15BO2.C2H6/c1-12-6-4-8-14-19(12)22-17-11-5-10-16-18(17)20(14)13-7-2-3-9-15(13)21-16;1-2/h2,4-8,10-11H,3,9H2,1H3;1-2H3. The molecule has 3 heteroatoms. The number of aryl methyl sites for hydroxylation is 1. The van der Waals surface area contributed by atoms with Crippen LogP contribution in [0.3, 0.4) is 0 Å². The average molecular weight is 316 g/mol. The van der Waals surface area contributed by atoms with Crippen molar-refractivity contribution in [3.05, 3.63) is 65.3 Å². The van der Waals surface area contributed by atoms with Crippen molar-refractivity contribution in [2.45, 2.75) is 33.6 Å². The summed E-state index contributed by atoms with van der Waals surface area (Å²) in [5.74, 6) is 4.00. The van der Waals surface area contributed by atoms with Crippen molar-refractivity contribution >= 4 is 17.6 Å². The van der Waals surface area contributed by atoms with Crippen LogP contribution < -0.4 is 20.4 Å². The highest BCUT2D eigenvalue weighted by atomic mass is 16.5. The number of fused-ring (bicyclic) bond motifs is 3. The highest BCUT2D eigenvalue weighted by molar-refractivity contribution is 6.93. The Morgan fingerprint density at radius 3 is 2.54 bits per heavy atom. The Morgan fingerprint density at radius 2 is 1.71 bits per heavy atom. The van der Waals surface area contributed by atoms with Gasteiger partial charge in [-0.3, -0.25) is 0 Å².